The highest BCUT2D eigenvalue weighted by Crippen LogP contribution is 2.32. The van der Waals surface area contributed by atoms with Gasteiger partial charge in [0.15, 0.2) is 0 Å². The van der Waals surface area contributed by atoms with Crippen molar-refractivity contribution in [2.75, 3.05) is 6.61 Å². The summed E-state index contributed by atoms with van der Waals surface area (Å²) in [5.74, 6) is -0.338. The molecule has 3 heteroatoms. The molecule has 0 radical (unpaired) electrons. The van der Waals surface area contributed by atoms with Crippen molar-refractivity contribution in [3.05, 3.63) is 95.1 Å². The predicted molar refractivity (Wildman–Crippen MR) is 145 cm³/mol. The Morgan fingerprint density at radius 1 is 0.829 bits per heavy atom. The molecule has 0 saturated carbocycles. The number of aliphatic hydroxyl groups is 1. The van der Waals surface area contributed by atoms with Crippen molar-refractivity contribution in [1.82, 2.24) is 0 Å². The zero-order chi connectivity index (χ0) is 25.2. The summed E-state index contributed by atoms with van der Waals surface area (Å²) >= 11 is 0. The van der Waals surface area contributed by atoms with E-state index in [1.54, 1.807) is 6.92 Å². The number of aliphatic hydroxyl groups excluding tert-OH is 1. The number of ether oxygens (including phenoxy) is 1. The molecule has 0 amide bonds. The van der Waals surface area contributed by atoms with Crippen molar-refractivity contribution < 1.29 is 14.6 Å². The lowest BCUT2D eigenvalue weighted by Gasteiger charge is -2.16. The van der Waals surface area contributed by atoms with E-state index < -0.39 is 0 Å². The highest BCUT2D eigenvalue weighted by molar-refractivity contribution is 5.87. The maximum Gasteiger partial charge on any atom is 0.333 e. The summed E-state index contributed by atoms with van der Waals surface area (Å²) in [5.41, 5.74) is 9.90. The number of hydrogen-bond acceptors (Lipinski definition) is 3. The van der Waals surface area contributed by atoms with E-state index in [1.807, 2.05) is 12.1 Å². The van der Waals surface area contributed by atoms with Crippen LogP contribution in [-0.2, 0) is 35.4 Å². The number of carbonyl (C=O) groups excluding carboxylic acids is 1. The molecule has 0 aliphatic heterocycles. The molecule has 0 aliphatic rings. The molecule has 3 nitrogen and oxygen atoms in total. The van der Waals surface area contributed by atoms with Gasteiger partial charge in [0, 0.05) is 12.0 Å². The van der Waals surface area contributed by atoms with Crippen LogP contribution in [0.2, 0.25) is 0 Å². The smallest absolute Gasteiger partial charge is 0.333 e. The fraction of sp³-hybridized carbons (Fsp3) is 0.344. The summed E-state index contributed by atoms with van der Waals surface area (Å²) in [5, 5.41) is 9.36. The fourth-order valence-corrected chi connectivity index (χ4v) is 4.37. The molecule has 0 fully saturated rings. The quantitative estimate of drug-likeness (QED) is 0.170. The van der Waals surface area contributed by atoms with Crippen LogP contribution in [0.3, 0.4) is 0 Å². The molecule has 0 unspecified atom stereocenters. The molecule has 0 aliphatic carbocycles. The molecule has 0 bridgehead atoms. The van der Waals surface area contributed by atoms with Crippen LogP contribution in [0.1, 0.15) is 62.3 Å². The van der Waals surface area contributed by atoms with Crippen LogP contribution in [0.4, 0.5) is 0 Å². The zero-order valence-corrected chi connectivity index (χ0v) is 21.4. The minimum absolute atomic E-state index is 0.0543. The molecule has 3 aromatic carbocycles. The Morgan fingerprint density at radius 2 is 1.49 bits per heavy atom. The van der Waals surface area contributed by atoms with Crippen molar-refractivity contribution in [3.63, 3.8) is 0 Å². The Hall–Kier alpha value is -3.17. The van der Waals surface area contributed by atoms with Crippen LogP contribution < -0.4 is 0 Å². The van der Waals surface area contributed by atoms with Crippen LogP contribution in [0.25, 0.3) is 22.3 Å². The second kappa shape index (κ2) is 13.1. The molecule has 0 heterocycles. The van der Waals surface area contributed by atoms with Gasteiger partial charge in [-0.1, -0.05) is 93.9 Å². The molecule has 0 saturated heterocycles. The van der Waals surface area contributed by atoms with Gasteiger partial charge in [-0.2, -0.15) is 0 Å². The maximum absolute atomic E-state index is 11.9. The van der Waals surface area contributed by atoms with Gasteiger partial charge in [0.05, 0.1) is 13.2 Å². The highest BCUT2D eigenvalue weighted by atomic mass is 16.5. The topological polar surface area (TPSA) is 46.5 Å². The minimum Gasteiger partial charge on any atom is -0.462 e. The van der Waals surface area contributed by atoms with E-state index in [9.17, 15) is 9.90 Å². The summed E-state index contributed by atoms with van der Waals surface area (Å²) in [7, 11) is 0. The van der Waals surface area contributed by atoms with E-state index in [1.165, 1.54) is 52.6 Å². The van der Waals surface area contributed by atoms with Crippen molar-refractivity contribution >= 4 is 5.97 Å². The van der Waals surface area contributed by atoms with E-state index in [-0.39, 0.29) is 12.6 Å². The third kappa shape index (κ3) is 7.16. The third-order valence-corrected chi connectivity index (χ3v) is 6.44. The number of rotatable bonds is 12. The first-order valence-electron chi connectivity index (χ1n) is 12.7. The maximum atomic E-state index is 11.9. The average Bonchev–Trinajstić information content (AvgIpc) is 2.88. The number of esters is 1. The Kier molecular flexibility index (Phi) is 9.86. The van der Waals surface area contributed by atoms with Crippen LogP contribution in [0, 0.1) is 0 Å². The van der Waals surface area contributed by atoms with Crippen LogP contribution in [0.15, 0.2) is 72.8 Å². The van der Waals surface area contributed by atoms with E-state index >= 15 is 0 Å². The summed E-state index contributed by atoms with van der Waals surface area (Å²) in [6.45, 7) is 10.1. The van der Waals surface area contributed by atoms with Crippen LogP contribution in [0.5, 0.6) is 0 Å². The summed E-state index contributed by atoms with van der Waals surface area (Å²) in [4.78, 5) is 11.9. The lowest BCUT2D eigenvalue weighted by Crippen LogP contribution is -2.09. The van der Waals surface area contributed by atoms with Crippen molar-refractivity contribution in [1.29, 1.82) is 0 Å². The van der Waals surface area contributed by atoms with Gasteiger partial charge in [-0.15, -0.1) is 0 Å². The largest absolute Gasteiger partial charge is 0.462 e. The van der Waals surface area contributed by atoms with Gasteiger partial charge in [0.1, 0.15) is 0 Å². The van der Waals surface area contributed by atoms with E-state index in [0.717, 1.165) is 24.0 Å². The zero-order valence-electron chi connectivity index (χ0n) is 21.4. The van der Waals surface area contributed by atoms with E-state index in [4.69, 9.17) is 4.74 Å². The van der Waals surface area contributed by atoms with Crippen molar-refractivity contribution in [3.8, 4) is 22.3 Å². The van der Waals surface area contributed by atoms with Gasteiger partial charge in [-0.05, 0) is 70.7 Å². The molecule has 1 N–H and O–H groups in total. The average molecular weight is 471 g/mol. The SMILES string of the molecule is C=C(C)C(=O)OCCc1cc(CCCCC)ccc1-c1ccc(-c2ccc(CO)cc2)c(CC)c1. The van der Waals surface area contributed by atoms with Crippen LogP contribution >= 0.6 is 0 Å². The Bertz CT molecular complexity index is 1140. The first-order valence-corrected chi connectivity index (χ1v) is 12.7. The number of benzene rings is 3. The molecule has 3 rings (SSSR count). The predicted octanol–water partition coefficient (Wildman–Crippen LogP) is 7.47. The number of aryl methyl sites for hydroxylation is 2. The molecule has 0 spiro atoms. The van der Waals surface area contributed by atoms with Gasteiger partial charge < -0.3 is 9.84 Å². The van der Waals surface area contributed by atoms with E-state index in [0.29, 0.717) is 18.6 Å². The molecule has 0 aromatic heterocycles. The number of carbonyl (C=O) groups is 1. The Labute approximate surface area is 210 Å². The molecule has 184 valence electrons. The second-order valence-electron chi connectivity index (χ2n) is 9.20. The second-order valence-corrected chi connectivity index (χ2v) is 9.20. The van der Waals surface area contributed by atoms with Crippen LogP contribution in [-0.4, -0.2) is 17.7 Å². The molecule has 35 heavy (non-hydrogen) atoms. The third-order valence-electron chi connectivity index (χ3n) is 6.44. The first kappa shape index (κ1) is 26.4. The molecule has 0 atom stereocenters. The Morgan fingerprint density at radius 3 is 2.14 bits per heavy atom. The minimum atomic E-state index is -0.338. The van der Waals surface area contributed by atoms with Gasteiger partial charge in [0.25, 0.3) is 0 Å². The standard InChI is InChI=1S/C32H38O3/c1-5-7-8-9-24-12-16-31(29(20-24)18-19-35-32(34)23(3)4)28-15-17-30(26(6-2)21-28)27-13-10-25(22-33)11-14-27/h10-17,20-21,33H,3,5-9,18-19,22H2,1-2,4H3. The molecule has 3 aromatic rings. The number of hydrogen-bond donors (Lipinski definition) is 1. The van der Waals surface area contributed by atoms with Gasteiger partial charge >= 0.3 is 5.97 Å². The normalized spacial score (nSPS) is 10.9. The lowest BCUT2D eigenvalue weighted by atomic mass is 9.90. The molecular formula is C32H38O3. The fourth-order valence-electron chi connectivity index (χ4n) is 4.37. The molecular weight excluding hydrogens is 432 g/mol. The van der Waals surface area contributed by atoms with Gasteiger partial charge in [-0.3, -0.25) is 0 Å². The van der Waals surface area contributed by atoms with Gasteiger partial charge in [0.2, 0.25) is 0 Å². The van der Waals surface area contributed by atoms with Crippen molar-refractivity contribution in [2.24, 2.45) is 0 Å². The van der Waals surface area contributed by atoms with Gasteiger partial charge in [-0.25, -0.2) is 4.79 Å². The number of unbranched alkanes of at least 4 members (excludes halogenated alkanes) is 2. The Balaban J connectivity index is 1.92. The summed E-state index contributed by atoms with van der Waals surface area (Å²) < 4.78 is 5.42. The highest BCUT2D eigenvalue weighted by Gasteiger charge is 2.12. The summed E-state index contributed by atoms with van der Waals surface area (Å²) in [6, 6.07) is 21.5. The monoisotopic (exact) mass is 470 g/mol. The van der Waals surface area contributed by atoms with E-state index in [2.05, 4.69) is 69.0 Å². The summed E-state index contributed by atoms with van der Waals surface area (Å²) in [6.07, 6.45) is 6.28. The lowest BCUT2D eigenvalue weighted by molar-refractivity contribution is -0.138. The van der Waals surface area contributed by atoms with Crippen molar-refractivity contribution in [2.45, 2.75) is 65.9 Å². The first-order chi connectivity index (χ1) is 17.0.